The number of halogens is 1. The molecule has 1 saturated heterocycles. The number of benzene rings is 1. The average Bonchev–Trinajstić information content (AvgIpc) is 2.57. The SMILES string of the molecule is O=C(Nc1ccncc1)C1(c2ccc(F)cc2)CCOCC1. The van der Waals surface area contributed by atoms with Gasteiger partial charge in [-0.2, -0.15) is 0 Å². The Labute approximate surface area is 128 Å². The van der Waals surface area contributed by atoms with E-state index in [0.717, 1.165) is 5.56 Å². The number of ether oxygens (including phenoxy) is 1. The minimum absolute atomic E-state index is 0.0893. The van der Waals surface area contributed by atoms with Crippen LogP contribution in [0.25, 0.3) is 0 Å². The largest absolute Gasteiger partial charge is 0.381 e. The monoisotopic (exact) mass is 300 g/mol. The summed E-state index contributed by atoms with van der Waals surface area (Å²) < 4.78 is 18.6. The number of aromatic nitrogens is 1. The van der Waals surface area contributed by atoms with Crippen LogP contribution in [0, 0.1) is 5.82 Å². The number of pyridine rings is 1. The zero-order valence-electron chi connectivity index (χ0n) is 12.1. The van der Waals surface area contributed by atoms with E-state index in [1.54, 1.807) is 36.7 Å². The highest BCUT2D eigenvalue weighted by Crippen LogP contribution is 2.36. The number of carbonyl (C=O) groups is 1. The number of amides is 1. The molecule has 22 heavy (non-hydrogen) atoms. The Kier molecular flexibility index (Phi) is 4.15. The van der Waals surface area contributed by atoms with Gasteiger partial charge in [0.05, 0.1) is 5.41 Å². The second-order valence-electron chi connectivity index (χ2n) is 5.39. The first-order valence-electron chi connectivity index (χ1n) is 7.26. The number of hydrogen-bond donors (Lipinski definition) is 1. The first-order chi connectivity index (χ1) is 10.7. The predicted molar refractivity (Wildman–Crippen MR) is 81.0 cm³/mol. The van der Waals surface area contributed by atoms with Crippen LogP contribution in [0.5, 0.6) is 0 Å². The van der Waals surface area contributed by atoms with Crippen molar-refractivity contribution in [1.82, 2.24) is 4.98 Å². The summed E-state index contributed by atoms with van der Waals surface area (Å²) in [5, 5.41) is 2.94. The molecule has 2 heterocycles. The number of nitrogens with one attached hydrogen (secondary N) is 1. The van der Waals surface area contributed by atoms with E-state index < -0.39 is 5.41 Å². The molecule has 1 N–H and O–H groups in total. The van der Waals surface area contributed by atoms with Crippen LogP contribution in [0.1, 0.15) is 18.4 Å². The van der Waals surface area contributed by atoms with Gasteiger partial charge in [0.15, 0.2) is 0 Å². The van der Waals surface area contributed by atoms with Crippen LogP contribution >= 0.6 is 0 Å². The third-order valence-electron chi connectivity index (χ3n) is 4.12. The lowest BCUT2D eigenvalue weighted by atomic mass is 9.73. The molecule has 0 aliphatic carbocycles. The molecule has 1 fully saturated rings. The van der Waals surface area contributed by atoms with Gasteiger partial charge in [-0.3, -0.25) is 9.78 Å². The fraction of sp³-hybridized carbons (Fsp3) is 0.294. The summed E-state index contributed by atoms with van der Waals surface area (Å²) in [6.45, 7) is 1.03. The van der Waals surface area contributed by atoms with E-state index in [9.17, 15) is 9.18 Å². The van der Waals surface area contributed by atoms with Gasteiger partial charge in [-0.25, -0.2) is 4.39 Å². The summed E-state index contributed by atoms with van der Waals surface area (Å²) in [7, 11) is 0. The molecule has 114 valence electrons. The zero-order valence-corrected chi connectivity index (χ0v) is 12.1. The molecule has 0 unspecified atom stereocenters. The summed E-state index contributed by atoms with van der Waals surface area (Å²) in [6.07, 6.45) is 4.42. The van der Waals surface area contributed by atoms with E-state index in [4.69, 9.17) is 4.74 Å². The van der Waals surface area contributed by atoms with Crippen molar-refractivity contribution in [3.63, 3.8) is 0 Å². The number of carbonyl (C=O) groups excluding carboxylic acids is 1. The van der Waals surface area contributed by atoms with Crippen molar-refractivity contribution >= 4 is 11.6 Å². The smallest absolute Gasteiger partial charge is 0.235 e. The van der Waals surface area contributed by atoms with Crippen molar-refractivity contribution in [3.05, 3.63) is 60.2 Å². The van der Waals surface area contributed by atoms with E-state index >= 15 is 0 Å². The van der Waals surface area contributed by atoms with Crippen LogP contribution in [-0.4, -0.2) is 24.1 Å². The van der Waals surface area contributed by atoms with Crippen LogP contribution < -0.4 is 5.32 Å². The van der Waals surface area contributed by atoms with E-state index in [1.807, 2.05) is 0 Å². The van der Waals surface area contributed by atoms with Crippen molar-refractivity contribution in [2.24, 2.45) is 0 Å². The normalized spacial score (nSPS) is 17.0. The van der Waals surface area contributed by atoms with Gasteiger partial charge < -0.3 is 10.1 Å². The molecule has 0 saturated carbocycles. The van der Waals surface area contributed by atoms with Crippen LogP contribution in [0.3, 0.4) is 0 Å². The first kappa shape index (κ1) is 14.7. The van der Waals surface area contributed by atoms with Crippen molar-refractivity contribution in [2.45, 2.75) is 18.3 Å². The van der Waals surface area contributed by atoms with Gasteiger partial charge in [0.1, 0.15) is 5.82 Å². The van der Waals surface area contributed by atoms with E-state index in [1.165, 1.54) is 12.1 Å². The van der Waals surface area contributed by atoms with Gasteiger partial charge in [0, 0.05) is 31.3 Å². The fourth-order valence-electron chi connectivity index (χ4n) is 2.82. The van der Waals surface area contributed by atoms with Crippen molar-refractivity contribution in [1.29, 1.82) is 0 Å². The third-order valence-corrected chi connectivity index (χ3v) is 4.12. The molecule has 0 bridgehead atoms. The van der Waals surface area contributed by atoms with Crippen molar-refractivity contribution in [2.75, 3.05) is 18.5 Å². The van der Waals surface area contributed by atoms with Gasteiger partial charge in [0.25, 0.3) is 0 Å². The van der Waals surface area contributed by atoms with E-state index in [2.05, 4.69) is 10.3 Å². The summed E-state index contributed by atoms with van der Waals surface area (Å²) in [4.78, 5) is 16.8. The molecule has 4 nitrogen and oxygen atoms in total. The van der Waals surface area contributed by atoms with Crippen LogP contribution in [0.4, 0.5) is 10.1 Å². The van der Waals surface area contributed by atoms with Gasteiger partial charge in [-0.05, 0) is 42.7 Å². The summed E-state index contributed by atoms with van der Waals surface area (Å²) in [5.74, 6) is -0.394. The molecule has 0 atom stereocenters. The van der Waals surface area contributed by atoms with E-state index in [0.29, 0.717) is 31.7 Å². The highest BCUT2D eigenvalue weighted by Gasteiger charge is 2.41. The number of hydrogen-bond acceptors (Lipinski definition) is 3. The zero-order chi connectivity index (χ0) is 15.4. The summed E-state index contributed by atoms with van der Waals surface area (Å²) in [6, 6.07) is 9.66. The molecule has 1 aromatic heterocycles. The minimum Gasteiger partial charge on any atom is -0.381 e. The lowest BCUT2D eigenvalue weighted by molar-refractivity contribution is -0.125. The van der Waals surface area contributed by atoms with Crippen LogP contribution in [-0.2, 0) is 14.9 Å². The third kappa shape index (κ3) is 2.85. The van der Waals surface area contributed by atoms with Crippen molar-refractivity contribution < 1.29 is 13.9 Å². The second-order valence-corrected chi connectivity index (χ2v) is 5.39. The molecule has 1 aromatic carbocycles. The number of nitrogens with zero attached hydrogens (tertiary/aromatic N) is 1. The molecule has 1 aliphatic heterocycles. The van der Waals surface area contributed by atoms with Crippen LogP contribution in [0.15, 0.2) is 48.8 Å². The maximum atomic E-state index is 13.2. The van der Waals surface area contributed by atoms with Gasteiger partial charge in [0.2, 0.25) is 5.91 Å². The molecule has 5 heteroatoms. The highest BCUT2D eigenvalue weighted by molar-refractivity contribution is 5.99. The maximum absolute atomic E-state index is 13.2. The van der Waals surface area contributed by atoms with Gasteiger partial charge in [-0.15, -0.1) is 0 Å². The lowest BCUT2D eigenvalue weighted by Gasteiger charge is -2.36. The summed E-state index contributed by atoms with van der Waals surface area (Å²) >= 11 is 0. The average molecular weight is 300 g/mol. The van der Waals surface area contributed by atoms with Crippen LogP contribution in [0.2, 0.25) is 0 Å². The lowest BCUT2D eigenvalue weighted by Crippen LogP contribution is -2.44. The molecule has 1 amide bonds. The maximum Gasteiger partial charge on any atom is 0.235 e. The van der Waals surface area contributed by atoms with Crippen molar-refractivity contribution in [3.8, 4) is 0 Å². The Bertz CT molecular complexity index is 637. The highest BCUT2D eigenvalue weighted by atomic mass is 19.1. The summed E-state index contributed by atoms with van der Waals surface area (Å²) in [5.41, 5.74) is 0.839. The molecule has 0 spiro atoms. The fourth-order valence-corrected chi connectivity index (χ4v) is 2.82. The molecule has 3 rings (SSSR count). The molecule has 1 aliphatic rings. The molecular weight excluding hydrogens is 283 g/mol. The first-order valence-corrected chi connectivity index (χ1v) is 7.26. The Balaban J connectivity index is 1.91. The second kappa shape index (κ2) is 6.23. The number of rotatable bonds is 3. The molecule has 0 radical (unpaired) electrons. The van der Waals surface area contributed by atoms with E-state index in [-0.39, 0.29) is 11.7 Å². The molecule has 2 aromatic rings. The Morgan fingerprint density at radius 2 is 1.73 bits per heavy atom. The Morgan fingerprint density at radius 3 is 2.36 bits per heavy atom. The standard InChI is InChI=1S/C17H17FN2O2/c18-14-3-1-13(2-4-14)17(7-11-22-12-8-17)16(21)20-15-5-9-19-10-6-15/h1-6,9-10H,7-8,11-12H2,(H,19,20,21). The minimum atomic E-state index is -0.685. The van der Waals surface area contributed by atoms with Gasteiger partial charge in [-0.1, -0.05) is 12.1 Å². The topological polar surface area (TPSA) is 51.2 Å². The molecular formula is C17H17FN2O2. The van der Waals surface area contributed by atoms with Gasteiger partial charge >= 0.3 is 0 Å². The Morgan fingerprint density at radius 1 is 1.09 bits per heavy atom. The number of anilines is 1. The predicted octanol–water partition coefficient (Wildman–Crippen LogP) is 2.91. The Hall–Kier alpha value is -2.27. The quantitative estimate of drug-likeness (QED) is 0.948.